The number of alkyl halides is 1. The van der Waals surface area contributed by atoms with Gasteiger partial charge in [0.1, 0.15) is 29.9 Å². The number of carbonyl (C=O) groups is 4. The molecule has 9 atom stereocenters. The van der Waals surface area contributed by atoms with Crippen LogP contribution in [0.2, 0.25) is 0 Å². The van der Waals surface area contributed by atoms with E-state index in [9.17, 15) is 19.5 Å². The van der Waals surface area contributed by atoms with E-state index in [2.05, 4.69) is 44.7 Å². The SMILES string of the molecule is C=CCCC(=O)N[C@H](COC)[C@H](OC(=O)[C@H]1[C@@H]2O[C@@]3(CC2Br)[C@@H]1C(=O)N([C@@H](CO)C(C)C)[C@@H]3C(=O)N(CC=C)Cn1nnc2ccccc21)c1ccccc1. The van der Waals surface area contributed by atoms with Gasteiger partial charge < -0.3 is 34.4 Å². The molecule has 3 aliphatic rings. The fourth-order valence-corrected chi connectivity index (χ4v) is 9.39. The number of carbonyl (C=O) groups excluding carboxylic acids is 4. The number of likely N-dealkylation sites (tertiary alicyclic amines) is 1. The van der Waals surface area contributed by atoms with Crippen molar-refractivity contribution in [2.24, 2.45) is 17.8 Å². The van der Waals surface area contributed by atoms with Crippen molar-refractivity contribution in [3.8, 4) is 0 Å². The van der Waals surface area contributed by atoms with Crippen LogP contribution in [0.25, 0.3) is 11.0 Å². The molecule has 1 unspecified atom stereocenters. The van der Waals surface area contributed by atoms with Gasteiger partial charge in [0.2, 0.25) is 17.7 Å². The number of rotatable bonds is 18. The van der Waals surface area contributed by atoms with Crippen molar-refractivity contribution in [3.63, 3.8) is 0 Å². The number of ether oxygens (including phenoxy) is 3. The summed E-state index contributed by atoms with van der Waals surface area (Å²) < 4.78 is 20.2. The van der Waals surface area contributed by atoms with E-state index >= 15 is 4.79 Å². The number of fused-ring (bicyclic) bond motifs is 2. The summed E-state index contributed by atoms with van der Waals surface area (Å²) in [6.07, 6.45) is 2.34. The summed E-state index contributed by atoms with van der Waals surface area (Å²) in [5.41, 5.74) is 0.553. The highest BCUT2D eigenvalue weighted by molar-refractivity contribution is 9.09. The molecule has 3 aromatic rings. The maximum absolute atomic E-state index is 15.1. The van der Waals surface area contributed by atoms with Crippen LogP contribution < -0.4 is 5.32 Å². The van der Waals surface area contributed by atoms with Crippen molar-refractivity contribution in [2.45, 2.75) is 80.5 Å². The molecule has 1 spiro atoms. The van der Waals surface area contributed by atoms with Crippen molar-refractivity contribution in [2.75, 3.05) is 26.9 Å². The zero-order chi connectivity index (χ0) is 39.4. The Morgan fingerprint density at radius 2 is 1.87 bits per heavy atom. The first-order valence-electron chi connectivity index (χ1n) is 18.6. The molecule has 1 aromatic heterocycles. The van der Waals surface area contributed by atoms with Crippen molar-refractivity contribution in [1.29, 1.82) is 0 Å². The number of nitrogens with one attached hydrogen (secondary N) is 1. The number of halogens is 1. The van der Waals surface area contributed by atoms with Crippen molar-refractivity contribution < 1.29 is 38.5 Å². The maximum atomic E-state index is 15.1. The fraction of sp³-hybridized carbons (Fsp3) is 0.500. The Morgan fingerprint density at radius 1 is 1.15 bits per heavy atom. The fourth-order valence-electron chi connectivity index (χ4n) is 8.45. The Hall–Kier alpha value is -4.44. The van der Waals surface area contributed by atoms with Crippen LogP contribution in [0.4, 0.5) is 0 Å². The number of nitrogens with zero attached hydrogens (tertiary/aromatic N) is 5. The highest BCUT2D eigenvalue weighted by Gasteiger charge is 2.77. The predicted molar refractivity (Wildman–Crippen MR) is 206 cm³/mol. The average Bonchev–Trinajstić information content (AvgIpc) is 3.90. The first-order valence-corrected chi connectivity index (χ1v) is 19.5. The Labute approximate surface area is 329 Å². The van der Waals surface area contributed by atoms with Crippen molar-refractivity contribution in [1.82, 2.24) is 30.1 Å². The Bertz CT molecular complexity index is 1890. The second-order valence-corrected chi connectivity index (χ2v) is 15.9. The zero-order valence-electron chi connectivity index (χ0n) is 31.3. The molecule has 55 heavy (non-hydrogen) atoms. The average molecular weight is 822 g/mol. The molecule has 2 bridgehead atoms. The highest BCUT2D eigenvalue weighted by atomic mass is 79.9. The number of aliphatic hydroxyl groups excluding tert-OH is 1. The summed E-state index contributed by atoms with van der Waals surface area (Å²) >= 11 is 3.74. The number of para-hydroxylation sites is 1. The van der Waals surface area contributed by atoms with Crippen LogP contribution in [0.15, 0.2) is 79.9 Å². The number of hydrogen-bond donors (Lipinski definition) is 2. The quantitative estimate of drug-likeness (QED) is 0.110. The number of esters is 1. The van der Waals surface area contributed by atoms with Crippen molar-refractivity contribution >= 4 is 50.7 Å². The van der Waals surface area contributed by atoms with E-state index in [0.29, 0.717) is 23.0 Å². The van der Waals surface area contributed by atoms with E-state index in [0.717, 1.165) is 0 Å². The molecule has 14 nitrogen and oxygen atoms in total. The van der Waals surface area contributed by atoms with E-state index in [1.807, 2.05) is 44.2 Å². The first-order chi connectivity index (χ1) is 26.5. The van der Waals surface area contributed by atoms with E-state index < -0.39 is 77.0 Å². The summed E-state index contributed by atoms with van der Waals surface area (Å²) in [7, 11) is 1.49. The Kier molecular flexibility index (Phi) is 12.5. The molecular weight excluding hydrogens is 772 g/mol. The minimum atomic E-state index is -1.43. The number of aliphatic hydroxyl groups is 1. The Balaban J connectivity index is 1.38. The van der Waals surface area contributed by atoms with Crippen LogP contribution in [0.5, 0.6) is 0 Å². The molecule has 3 saturated heterocycles. The lowest BCUT2D eigenvalue weighted by Gasteiger charge is -2.40. The molecule has 6 rings (SSSR count). The largest absolute Gasteiger partial charge is 0.455 e. The number of aromatic nitrogens is 3. The lowest BCUT2D eigenvalue weighted by molar-refractivity contribution is -0.163. The second kappa shape index (κ2) is 17.1. The van der Waals surface area contributed by atoms with Crippen LogP contribution in [0, 0.1) is 17.8 Å². The molecule has 0 radical (unpaired) electrons. The number of hydrogen-bond acceptors (Lipinski definition) is 10. The third kappa shape index (κ3) is 7.59. The lowest BCUT2D eigenvalue weighted by Crippen LogP contribution is -2.60. The number of methoxy groups -OCH3 is 1. The predicted octanol–water partition coefficient (Wildman–Crippen LogP) is 3.55. The first kappa shape index (κ1) is 40.2. The zero-order valence-corrected chi connectivity index (χ0v) is 32.9. The minimum Gasteiger partial charge on any atom is -0.455 e. The van der Waals surface area contributed by atoms with E-state index in [1.165, 1.54) is 16.9 Å². The molecule has 294 valence electrons. The number of benzene rings is 2. The summed E-state index contributed by atoms with van der Waals surface area (Å²) in [6, 6.07) is 13.7. The normalized spacial score (nSPS) is 25.7. The van der Waals surface area contributed by atoms with E-state index in [1.54, 1.807) is 41.1 Å². The van der Waals surface area contributed by atoms with Crippen LogP contribution in [0.3, 0.4) is 0 Å². The summed E-state index contributed by atoms with van der Waals surface area (Å²) in [5.74, 6) is -4.35. The third-order valence-corrected chi connectivity index (χ3v) is 11.8. The summed E-state index contributed by atoms with van der Waals surface area (Å²) in [6.45, 7) is 11.0. The van der Waals surface area contributed by atoms with Crippen LogP contribution in [-0.4, -0.2) is 115 Å². The summed E-state index contributed by atoms with van der Waals surface area (Å²) in [4.78, 5) is 60.2. The van der Waals surface area contributed by atoms with Gasteiger partial charge in [0.25, 0.3) is 0 Å². The summed E-state index contributed by atoms with van der Waals surface area (Å²) in [5, 5.41) is 22.2. The Morgan fingerprint density at radius 3 is 2.55 bits per heavy atom. The molecule has 0 aliphatic carbocycles. The monoisotopic (exact) mass is 820 g/mol. The number of allylic oxidation sites excluding steroid dienone is 1. The van der Waals surface area contributed by atoms with Crippen molar-refractivity contribution in [3.05, 3.63) is 85.5 Å². The van der Waals surface area contributed by atoms with Gasteiger partial charge in [-0.3, -0.25) is 19.2 Å². The number of amides is 3. The maximum Gasteiger partial charge on any atom is 0.313 e. The van der Waals surface area contributed by atoms with E-state index in [-0.39, 0.29) is 44.5 Å². The molecule has 3 aliphatic heterocycles. The van der Waals surface area contributed by atoms with Crippen LogP contribution in [-0.2, 0) is 40.1 Å². The molecule has 2 aromatic carbocycles. The van der Waals surface area contributed by atoms with Gasteiger partial charge in [0.15, 0.2) is 0 Å². The molecule has 2 N–H and O–H groups in total. The smallest absolute Gasteiger partial charge is 0.313 e. The van der Waals surface area contributed by atoms with Crippen LogP contribution in [0.1, 0.15) is 44.8 Å². The molecule has 15 heteroatoms. The molecule has 3 amide bonds. The topological polar surface area (TPSA) is 165 Å². The van der Waals surface area contributed by atoms with Gasteiger partial charge in [0, 0.05) is 24.9 Å². The van der Waals surface area contributed by atoms with Gasteiger partial charge in [0.05, 0.1) is 48.8 Å². The standard InChI is InChI=1S/C40H49BrN6O8/c1-6-8-18-31(49)42-28(22-53-5)34(25-14-10-9-11-15-25)54-39(52)32-33-37(50)47(30(21-48)24(3)4)36(40(33)20-26(41)35(32)55-40)38(51)45(19-7-2)23-46-29-17-13-12-16-27(29)43-44-46/h6-7,9-17,24,26,28,30,32-36,48H,1-2,8,18-23H2,3-5H3,(H,42,49)/t26?,28-,30+,32-,33+,34-,35-,36-,40+/m1/s1. The van der Waals surface area contributed by atoms with Gasteiger partial charge in [-0.05, 0) is 36.5 Å². The molecular formula is C40H49BrN6O8. The molecule has 3 fully saturated rings. The van der Waals surface area contributed by atoms with Gasteiger partial charge in [-0.2, -0.15) is 0 Å². The van der Waals surface area contributed by atoms with E-state index in [4.69, 9.17) is 14.2 Å². The second-order valence-electron chi connectivity index (χ2n) is 14.7. The van der Waals surface area contributed by atoms with Gasteiger partial charge >= 0.3 is 5.97 Å². The molecule has 0 saturated carbocycles. The van der Waals surface area contributed by atoms with Gasteiger partial charge in [-0.25, -0.2) is 4.68 Å². The van der Waals surface area contributed by atoms with Gasteiger partial charge in [-0.1, -0.05) is 89.6 Å². The highest BCUT2D eigenvalue weighted by Crippen LogP contribution is 2.61. The third-order valence-electron chi connectivity index (χ3n) is 10.9. The van der Waals surface area contributed by atoms with Gasteiger partial charge in [-0.15, -0.1) is 18.3 Å². The lowest BCUT2D eigenvalue weighted by atomic mass is 9.70. The molecule has 4 heterocycles. The van der Waals surface area contributed by atoms with Crippen LogP contribution >= 0.6 is 15.9 Å². The minimum absolute atomic E-state index is 0.000910.